The first-order valence-corrected chi connectivity index (χ1v) is 9.17. The number of benzene rings is 2. The molecule has 0 spiro atoms. The number of Topliss-reactive ketones (excluding diaryl/α,β-unsaturated/α-hetero) is 1. The van der Waals surface area contributed by atoms with Crippen LogP contribution in [0.25, 0.3) is 0 Å². The summed E-state index contributed by atoms with van der Waals surface area (Å²) in [5, 5.41) is 0. The van der Waals surface area contributed by atoms with E-state index in [1.54, 1.807) is 13.0 Å². The van der Waals surface area contributed by atoms with Crippen molar-refractivity contribution in [3.63, 3.8) is 0 Å². The minimum Gasteiger partial charge on any atom is -0.486 e. The molecule has 1 saturated heterocycles. The van der Waals surface area contributed by atoms with Crippen molar-refractivity contribution in [3.8, 4) is 11.5 Å². The number of piperazine rings is 1. The average molecular weight is 366 g/mol. The van der Waals surface area contributed by atoms with Crippen molar-refractivity contribution in [1.82, 2.24) is 4.90 Å². The fourth-order valence-corrected chi connectivity index (χ4v) is 3.49. The van der Waals surface area contributed by atoms with Gasteiger partial charge in [0.25, 0.3) is 5.91 Å². The van der Waals surface area contributed by atoms with Crippen LogP contribution in [0.3, 0.4) is 0 Å². The third-order valence-corrected chi connectivity index (χ3v) is 5.00. The van der Waals surface area contributed by atoms with Crippen molar-refractivity contribution in [2.45, 2.75) is 6.92 Å². The Balaban J connectivity index is 1.43. The molecule has 2 heterocycles. The number of anilines is 1. The van der Waals surface area contributed by atoms with Crippen molar-refractivity contribution < 1.29 is 19.1 Å². The first kappa shape index (κ1) is 17.4. The van der Waals surface area contributed by atoms with E-state index in [1.165, 1.54) is 0 Å². The van der Waals surface area contributed by atoms with Crippen LogP contribution in [0.1, 0.15) is 27.6 Å². The smallest absolute Gasteiger partial charge is 0.257 e. The summed E-state index contributed by atoms with van der Waals surface area (Å²) < 4.78 is 11.3. The van der Waals surface area contributed by atoms with Crippen LogP contribution in [0.2, 0.25) is 0 Å². The molecule has 0 bridgehead atoms. The second-order valence-corrected chi connectivity index (χ2v) is 6.71. The quantitative estimate of drug-likeness (QED) is 0.782. The molecule has 0 aromatic heterocycles. The first-order chi connectivity index (χ1) is 13.1. The Morgan fingerprint density at radius 2 is 1.59 bits per heavy atom. The van der Waals surface area contributed by atoms with Gasteiger partial charge < -0.3 is 19.3 Å². The Labute approximate surface area is 158 Å². The number of hydrogen-bond acceptors (Lipinski definition) is 5. The monoisotopic (exact) mass is 366 g/mol. The molecular weight excluding hydrogens is 344 g/mol. The molecule has 0 atom stereocenters. The number of amides is 1. The summed E-state index contributed by atoms with van der Waals surface area (Å²) in [7, 11) is 0. The van der Waals surface area contributed by atoms with Crippen LogP contribution in [0.4, 0.5) is 5.69 Å². The molecule has 4 rings (SSSR count). The Morgan fingerprint density at radius 1 is 0.889 bits per heavy atom. The van der Waals surface area contributed by atoms with Crippen molar-refractivity contribution in [2.75, 3.05) is 44.3 Å². The standard InChI is InChI=1S/C21H22N2O4/c1-15(24)16-5-7-17(8-6-16)22-9-11-23(12-10-22)21(25)18-3-2-4-19-20(18)27-14-13-26-19/h2-8H,9-14H2,1H3. The summed E-state index contributed by atoms with van der Waals surface area (Å²) in [5.74, 6) is 1.23. The van der Waals surface area contributed by atoms with Gasteiger partial charge in [0.05, 0.1) is 5.56 Å². The molecule has 0 unspecified atom stereocenters. The summed E-state index contributed by atoms with van der Waals surface area (Å²) in [6.45, 7) is 5.30. The van der Waals surface area contributed by atoms with Gasteiger partial charge >= 0.3 is 0 Å². The van der Waals surface area contributed by atoms with Crippen LogP contribution >= 0.6 is 0 Å². The van der Waals surface area contributed by atoms with Gasteiger partial charge in [0.2, 0.25) is 0 Å². The van der Waals surface area contributed by atoms with Crippen molar-refractivity contribution >= 4 is 17.4 Å². The fourth-order valence-electron chi connectivity index (χ4n) is 3.49. The molecule has 27 heavy (non-hydrogen) atoms. The van der Waals surface area contributed by atoms with Gasteiger partial charge in [-0.05, 0) is 43.3 Å². The van der Waals surface area contributed by atoms with Gasteiger partial charge in [-0.1, -0.05) is 6.07 Å². The third kappa shape index (κ3) is 3.47. The van der Waals surface area contributed by atoms with Crippen LogP contribution in [-0.2, 0) is 0 Å². The molecule has 0 saturated carbocycles. The normalized spacial score (nSPS) is 16.2. The number of fused-ring (bicyclic) bond motifs is 1. The van der Waals surface area contributed by atoms with Gasteiger partial charge in [0.1, 0.15) is 13.2 Å². The molecule has 6 nitrogen and oxygen atoms in total. The van der Waals surface area contributed by atoms with E-state index < -0.39 is 0 Å². The van der Waals surface area contributed by atoms with Crippen LogP contribution in [0, 0.1) is 0 Å². The number of hydrogen-bond donors (Lipinski definition) is 0. The number of nitrogens with zero attached hydrogens (tertiary/aromatic N) is 2. The molecule has 1 amide bonds. The number of para-hydroxylation sites is 1. The van der Waals surface area contributed by atoms with Crippen molar-refractivity contribution in [2.24, 2.45) is 0 Å². The Morgan fingerprint density at radius 3 is 2.30 bits per heavy atom. The van der Waals surface area contributed by atoms with Gasteiger partial charge in [-0.2, -0.15) is 0 Å². The molecule has 2 aliphatic rings. The first-order valence-electron chi connectivity index (χ1n) is 9.17. The maximum atomic E-state index is 13.0. The summed E-state index contributed by atoms with van der Waals surface area (Å²) in [6, 6.07) is 13.1. The zero-order valence-electron chi connectivity index (χ0n) is 15.3. The molecule has 0 N–H and O–H groups in total. The minimum atomic E-state index is -0.0241. The van der Waals surface area contributed by atoms with Gasteiger partial charge in [-0.15, -0.1) is 0 Å². The lowest BCUT2D eigenvalue weighted by molar-refractivity contribution is 0.0736. The van der Waals surface area contributed by atoms with Crippen LogP contribution in [0.15, 0.2) is 42.5 Å². The van der Waals surface area contributed by atoms with E-state index >= 15 is 0 Å². The van der Waals surface area contributed by atoms with Gasteiger partial charge in [-0.3, -0.25) is 9.59 Å². The maximum Gasteiger partial charge on any atom is 0.257 e. The molecule has 2 aromatic rings. The SMILES string of the molecule is CC(=O)c1ccc(N2CCN(C(=O)c3cccc4c3OCCO4)CC2)cc1. The highest BCUT2D eigenvalue weighted by atomic mass is 16.6. The highest BCUT2D eigenvalue weighted by molar-refractivity contribution is 5.98. The van der Waals surface area contributed by atoms with E-state index in [2.05, 4.69) is 4.90 Å². The Bertz CT molecular complexity index is 855. The minimum absolute atomic E-state index is 0.0241. The molecule has 2 aliphatic heterocycles. The molecular formula is C21H22N2O4. The number of ketones is 1. The van der Waals surface area contributed by atoms with E-state index in [-0.39, 0.29) is 11.7 Å². The van der Waals surface area contributed by atoms with E-state index in [4.69, 9.17) is 9.47 Å². The average Bonchev–Trinajstić information content (AvgIpc) is 2.73. The van der Waals surface area contributed by atoms with E-state index in [9.17, 15) is 9.59 Å². The number of carbonyl (C=O) groups is 2. The van der Waals surface area contributed by atoms with Gasteiger partial charge in [0.15, 0.2) is 17.3 Å². The Hall–Kier alpha value is -3.02. The summed E-state index contributed by atoms with van der Waals surface area (Å²) in [6.07, 6.45) is 0. The van der Waals surface area contributed by atoms with Gasteiger partial charge in [0, 0.05) is 37.4 Å². The predicted octanol–water partition coefficient (Wildman–Crippen LogP) is 2.62. The lowest BCUT2D eigenvalue weighted by Crippen LogP contribution is -2.48. The van der Waals surface area contributed by atoms with Crippen molar-refractivity contribution in [1.29, 1.82) is 0 Å². The van der Waals surface area contributed by atoms with E-state index in [0.29, 0.717) is 48.9 Å². The largest absolute Gasteiger partial charge is 0.486 e. The fraction of sp³-hybridized carbons (Fsp3) is 0.333. The van der Waals surface area contributed by atoms with Crippen molar-refractivity contribution in [3.05, 3.63) is 53.6 Å². The maximum absolute atomic E-state index is 13.0. The highest BCUT2D eigenvalue weighted by Gasteiger charge is 2.27. The predicted molar refractivity (Wildman–Crippen MR) is 102 cm³/mol. The van der Waals surface area contributed by atoms with Crippen LogP contribution < -0.4 is 14.4 Å². The lowest BCUT2D eigenvalue weighted by Gasteiger charge is -2.36. The molecule has 6 heteroatoms. The zero-order chi connectivity index (χ0) is 18.8. The van der Waals surface area contributed by atoms with Crippen LogP contribution in [-0.4, -0.2) is 56.0 Å². The van der Waals surface area contributed by atoms with Crippen LogP contribution in [0.5, 0.6) is 11.5 Å². The lowest BCUT2D eigenvalue weighted by atomic mass is 10.1. The Kier molecular flexibility index (Phi) is 4.71. The second kappa shape index (κ2) is 7.31. The molecule has 140 valence electrons. The summed E-state index contributed by atoms with van der Waals surface area (Å²) in [4.78, 5) is 28.5. The van der Waals surface area contributed by atoms with E-state index in [0.717, 1.165) is 18.8 Å². The summed E-state index contributed by atoms with van der Waals surface area (Å²) >= 11 is 0. The molecule has 0 radical (unpaired) electrons. The van der Waals surface area contributed by atoms with Gasteiger partial charge in [-0.25, -0.2) is 0 Å². The zero-order valence-corrected chi connectivity index (χ0v) is 15.3. The second-order valence-electron chi connectivity index (χ2n) is 6.71. The summed E-state index contributed by atoms with van der Waals surface area (Å²) in [5.41, 5.74) is 2.34. The number of ether oxygens (including phenoxy) is 2. The van der Waals surface area contributed by atoms with E-state index in [1.807, 2.05) is 41.3 Å². The highest BCUT2D eigenvalue weighted by Crippen LogP contribution is 2.34. The number of carbonyl (C=O) groups excluding carboxylic acids is 2. The number of rotatable bonds is 3. The topological polar surface area (TPSA) is 59.1 Å². The molecule has 2 aromatic carbocycles. The molecule has 1 fully saturated rings. The third-order valence-electron chi connectivity index (χ3n) is 5.00. The molecule has 0 aliphatic carbocycles.